The van der Waals surface area contributed by atoms with Gasteiger partial charge in [-0.3, -0.25) is 0 Å². The van der Waals surface area contributed by atoms with Gasteiger partial charge in [-0.1, -0.05) is 65.8 Å². The van der Waals surface area contributed by atoms with Gasteiger partial charge in [0.25, 0.3) is 0 Å². The first-order valence-corrected chi connectivity index (χ1v) is 8.43. The van der Waals surface area contributed by atoms with Gasteiger partial charge in [-0.05, 0) is 30.2 Å². The minimum atomic E-state index is 0.111. The van der Waals surface area contributed by atoms with Crippen molar-refractivity contribution in [1.82, 2.24) is 0 Å². The van der Waals surface area contributed by atoms with Crippen molar-refractivity contribution in [3.63, 3.8) is 0 Å². The average Bonchev–Trinajstić information content (AvgIpc) is 2.68. The van der Waals surface area contributed by atoms with E-state index in [9.17, 15) is 5.11 Å². The van der Waals surface area contributed by atoms with Gasteiger partial charge in [0.15, 0.2) is 0 Å². The fraction of sp³-hybridized carbons (Fsp3) is 0.136. The first kappa shape index (κ1) is 17.5. The Balaban J connectivity index is 1.60. The summed E-state index contributed by atoms with van der Waals surface area (Å²) in [6.45, 7) is 2.63. The van der Waals surface area contributed by atoms with Gasteiger partial charge in [0.2, 0.25) is 0 Å². The number of nitrogens with zero attached hydrogens (tertiary/aromatic N) is 1. The Bertz CT molecular complexity index is 861. The zero-order chi connectivity index (χ0) is 18.2. The number of phenols is 1. The molecule has 3 aromatic carbocycles. The second-order valence-corrected chi connectivity index (χ2v) is 5.89. The molecule has 0 spiro atoms. The molecule has 3 aromatic rings. The summed E-state index contributed by atoms with van der Waals surface area (Å²) < 4.78 is 5.72. The molecule has 0 saturated carbocycles. The second-order valence-electron chi connectivity index (χ2n) is 5.89. The molecule has 0 fully saturated rings. The maximum Gasteiger partial charge on any atom is 0.142 e. The quantitative estimate of drug-likeness (QED) is 0.488. The summed E-state index contributed by atoms with van der Waals surface area (Å²) in [4.78, 5) is 5.37. The van der Waals surface area contributed by atoms with E-state index in [2.05, 4.69) is 5.16 Å². The lowest BCUT2D eigenvalue weighted by Gasteiger charge is -2.09. The van der Waals surface area contributed by atoms with Crippen LogP contribution in [0.25, 0.3) is 0 Å². The van der Waals surface area contributed by atoms with Gasteiger partial charge in [-0.25, -0.2) is 0 Å². The highest BCUT2D eigenvalue weighted by Crippen LogP contribution is 2.25. The molecule has 3 rings (SSSR count). The van der Waals surface area contributed by atoms with Crippen LogP contribution in [0.2, 0.25) is 0 Å². The Labute approximate surface area is 153 Å². The Kier molecular flexibility index (Phi) is 5.88. The summed E-state index contributed by atoms with van der Waals surface area (Å²) in [5.74, 6) is 0.716. The van der Waals surface area contributed by atoms with Crippen LogP contribution in [0, 0.1) is 0 Å². The van der Waals surface area contributed by atoms with Gasteiger partial charge in [0, 0.05) is 11.6 Å². The molecule has 4 heteroatoms. The van der Waals surface area contributed by atoms with E-state index in [1.54, 1.807) is 19.1 Å². The van der Waals surface area contributed by atoms with E-state index in [0.29, 0.717) is 30.2 Å². The van der Waals surface area contributed by atoms with Crippen LogP contribution < -0.4 is 4.74 Å². The van der Waals surface area contributed by atoms with Crippen LogP contribution >= 0.6 is 0 Å². The molecule has 0 atom stereocenters. The molecule has 0 bridgehead atoms. The molecule has 0 aliphatic rings. The molecular weight excluding hydrogens is 326 g/mol. The number of rotatable bonds is 7. The van der Waals surface area contributed by atoms with Gasteiger partial charge in [-0.2, -0.15) is 0 Å². The van der Waals surface area contributed by atoms with Crippen LogP contribution in [0.15, 0.2) is 84.0 Å². The maximum absolute atomic E-state index is 10.3. The highest BCUT2D eigenvalue weighted by molar-refractivity contribution is 6.00. The van der Waals surface area contributed by atoms with Gasteiger partial charge < -0.3 is 14.7 Å². The molecule has 0 aliphatic heterocycles. The molecule has 0 saturated heterocycles. The first-order valence-electron chi connectivity index (χ1n) is 8.43. The van der Waals surface area contributed by atoms with Crippen molar-refractivity contribution in [1.29, 1.82) is 0 Å². The summed E-state index contributed by atoms with van der Waals surface area (Å²) in [6.07, 6.45) is 0. The number of ether oxygens (including phenoxy) is 1. The molecule has 26 heavy (non-hydrogen) atoms. The Morgan fingerprint density at radius 1 is 0.846 bits per heavy atom. The van der Waals surface area contributed by atoms with Crippen LogP contribution in [0.4, 0.5) is 0 Å². The van der Waals surface area contributed by atoms with Crippen LogP contribution in [-0.2, 0) is 18.1 Å². The van der Waals surface area contributed by atoms with E-state index >= 15 is 0 Å². The van der Waals surface area contributed by atoms with Crippen molar-refractivity contribution in [3.05, 3.63) is 95.6 Å². The zero-order valence-corrected chi connectivity index (χ0v) is 14.6. The number of benzene rings is 3. The predicted octanol–water partition coefficient (Wildman–Crippen LogP) is 4.91. The van der Waals surface area contributed by atoms with Crippen LogP contribution in [0.3, 0.4) is 0 Å². The number of phenolic OH excluding ortho intramolecular Hbond substituents is 1. The zero-order valence-electron chi connectivity index (χ0n) is 14.6. The second kappa shape index (κ2) is 8.72. The molecular formula is C22H21NO3. The maximum atomic E-state index is 10.3. The highest BCUT2D eigenvalue weighted by Gasteiger charge is 2.07. The molecule has 0 heterocycles. The van der Waals surface area contributed by atoms with E-state index in [-0.39, 0.29) is 5.75 Å². The van der Waals surface area contributed by atoms with E-state index in [4.69, 9.17) is 9.57 Å². The van der Waals surface area contributed by atoms with E-state index in [0.717, 1.165) is 11.1 Å². The Morgan fingerprint density at radius 2 is 1.46 bits per heavy atom. The van der Waals surface area contributed by atoms with Gasteiger partial charge in [0.1, 0.15) is 24.7 Å². The summed E-state index contributed by atoms with van der Waals surface area (Å²) in [7, 11) is 0. The van der Waals surface area contributed by atoms with Gasteiger partial charge in [0.05, 0.1) is 5.71 Å². The smallest absolute Gasteiger partial charge is 0.142 e. The first-order chi connectivity index (χ1) is 12.7. The van der Waals surface area contributed by atoms with Crippen molar-refractivity contribution in [2.45, 2.75) is 20.1 Å². The highest BCUT2D eigenvalue weighted by atomic mass is 16.6. The van der Waals surface area contributed by atoms with Gasteiger partial charge >= 0.3 is 0 Å². The number of oxime groups is 1. The molecule has 0 radical (unpaired) electrons. The lowest BCUT2D eigenvalue weighted by molar-refractivity contribution is 0.130. The molecule has 0 aromatic heterocycles. The fourth-order valence-corrected chi connectivity index (χ4v) is 2.48. The number of aromatic hydroxyl groups is 1. The lowest BCUT2D eigenvalue weighted by atomic mass is 10.1. The SMILES string of the molecule is C/C(=N\OCc1ccccc1)c1ccc(OCc2ccccc2)cc1O. The topological polar surface area (TPSA) is 51.0 Å². The Morgan fingerprint density at radius 3 is 2.08 bits per heavy atom. The third-order valence-electron chi connectivity index (χ3n) is 3.88. The van der Waals surface area contributed by atoms with Crippen LogP contribution in [0.1, 0.15) is 23.6 Å². The third-order valence-corrected chi connectivity index (χ3v) is 3.88. The predicted molar refractivity (Wildman–Crippen MR) is 102 cm³/mol. The number of hydrogen-bond donors (Lipinski definition) is 1. The van der Waals surface area contributed by atoms with Crippen molar-refractivity contribution >= 4 is 5.71 Å². The summed E-state index contributed by atoms with van der Waals surface area (Å²) in [5.41, 5.74) is 3.33. The molecule has 132 valence electrons. The van der Waals surface area contributed by atoms with E-state index in [1.807, 2.05) is 66.7 Å². The largest absolute Gasteiger partial charge is 0.507 e. The fourth-order valence-electron chi connectivity index (χ4n) is 2.48. The van der Waals surface area contributed by atoms with Crippen molar-refractivity contribution < 1.29 is 14.7 Å². The van der Waals surface area contributed by atoms with Crippen LogP contribution in [0.5, 0.6) is 11.5 Å². The summed E-state index contributed by atoms with van der Waals surface area (Å²) >= 11 is 0. The van der Waals surface area contributed by atoms with E-state index < -0.39 is 0 Å². The minimum Gasteiger partial charge on any atom is -0.507 e. The monoisotopic (exact) mass is 347 g/mol. The lowest BCUT2D eigenvalue weighted by Crippen LogP contribution is -1.99. The Hall–Kier alpha value is -3.27. The summed E-state index contributed by atoms with van der Waals surface area (Å²) in [5, 5.41) is 14.3. The third kappa shape index (κ3) is 4.86. The number of hydrogen-bond acceptors (Lipinski definition) is 4. The normalized spacial score (nSPS) is 11.2. The molecule has 4 nitrogen and oxygen atoms in total. The van der Waals surface area contributed by atoms with Crippen molar-refractivity contribution in [3.8, 4) is 11.5 Å². The molecule has 0 unspecified atom stereocenters. The molecule has 0 aliphatic carbocycles. The van der Waals surface area contributed by atoms with E-state index in [1.165, 1.54) is 0 Å². The van der Waals surface area contributed by atoms with Crippen LogP contribution in [-0.4, -0.2) is 10.8 Å². The molecule has 0 amide bonds. The van der Waals surface area contributed by atoms with Crippen molar-refractivity contribution in [2.24, 2.45) is 5.16 Å². The minimum absolute atomic E-state index is 0.111. The van der Waals surface area contributed by atoms with Crippen molar-refractivity contribution in [2.75, 3.05) is 0 Å². The average molecular weight is 347 g/mol. The standard InChI is InChI=1S/C22H21NO3/c1-17(23-26-16-19-10-6-3-7-11-19)21-13-12-20(14-22(21)24)25-15-18-8-4-2-5-9-18/h2-14,24H,15-16H2,1H3/b23-17+. The van der Waals surface area contributed by atoms with Gasteiger partial charge in [-0.15, -0.1) is 0 Å². The molecule has 1 N–H and O–H groups in total. The summed E-state index contributed by atoms with van der Waals surface area (Å²) in [6, 6.07) is 24.9.